The molecule has 3 aromatic carbocycles. The smallest absolute Gasteiger partial charge is 0.221 e. The van der Waals surface area contributed by atoms with Crippen LogP contribution in [0.4, 0.5) is 5.69 Å². The first-order valence-electron chi connectivity index (χ1n) is 8.80. The van der Waals surface area contributed by atoms with E-state index in [-0.39, 0.29) is 16.4 Å². The molecule has 0 bridgehead atoms. The Bertz CT molecular complexity index is 1110. The van der Waals surface area contributed by atoms with E-state index in [1.807, 2.05) is 18.2 Å². The number of Topliss-reactive ketones (excluding diaryl/α,β-unsaturated/α-hetero) is 1. The number of para-hydroxylation sites is 1. The monoisotopic (exact) mass is 409 g/mol. The molecule has 0 fully saturated rings. The average Bonchev–Trinajstić information content (AvgIpc) is 2.69. The maximum atomic E-state index is 12.6. The van der Waals surface area contributed by atoms with Crippen molar-refractivity contribution >= 4 is 27.2 Å². The Balaban J connectivity index is 1.68. The highest BCUT2D eigenvalue weighted by molar-refractivity contribution is 7.92. The second-order valence-electron chi connectivity index (χ2n) is 6.33. The molecule has 0 aliphatic heterocycles. The SMILES string of the molecule is CC(=O)Nc1ccc(C(=O)CS(=O)(=O)c2ccc(Oc3ccccc3)cc2)cc1. The van der Waals surface area contributed by atoms with E-state index in [2.05, 4.69) is 5.32 Å². The summed E-state index contributed by atoms with van der Waals surface area (Å²) < 4.78 is 30.8. The summed E-state index contributed by atoms with van der Waals surface area (Å²) in [5, 5.41) is 2.59. The van der Waals surface area contributed by atoms with Gasteiger partial charge in [-0.2, -0.15) is 0 Å². The van der Waals surface area contributed by atoms with E-state index in [0.717, 1.165) is 0 Å². The summed E-state index contributed by atoms with van der Waals surface area (Å²) in [6.07, 6.45) is 0. The van der Waals surface area contributed by atoms with E-state index in [9.17, 15) is 18.0 Å². The van der Waals surface area contributed by atoms with Crippen molar-refractivity contribution in [1.29, 1.82) is 0 Å². The summed E-state index contributed by atoms with van der Waals surface area (Å²) in [7, 11) is -3.80. The van der Waals surface area contributed by atoms with Crippen LogP contribution in [0, 0.1) is 0 Å². The summed E-state index contributed by atoms with van der Waals surface area (Å²) in [6.45, 7) is 1.38. The van der Waals surface area contributed by atoms with Gasteiger partial charge in [-0.25, -0.2) is 8.42 Å². The van der Waals surface area contributed by atoms with Gasteiger partial charge in [-0.3, -0.25) is 9.59 Å². The van der Waals surface area contributed by atoms with E-state index in [1.54, 1.807) is 36.4 Å². The zero-order valence-corrected chi connectivity index (χ0v) is 16.5. The molecular formula is C22H19NO5S. The summed E-state index contributed by atoms with van der Waals surface area (Å²) in [5.41, 5.74) is 0.789. The molecule has 0 saturated heterocycles. The number of carbonyl (C=O) groups is 2. The van der Waals surface area contributed by atoms with Crippen molar-refractivity contribution in [3.63, 3.8) is 0 Å². The van der Waals surface area contributed by atoms with Crippen molar-refractivity contribution in [1.82, 2.24) is 0 Å². The molecule has 0 aromatic heterocycles. The van der Waals surface area contributed by atoms with Crippen molar-refractivity contribution in [2.75, 3.05) is 11.1 Å². The Kier molecular flexibility index (Phi) is 6.09. The maximum absolute atomic E-state index is 12.6. The summed E-state index contributed by atoms with van der Waals surface area (Å²) >= 11 is 0. The molecule has 7 heteroatoms. The highest BCUT2D eigenvalue weighted by Gasteiger charge is 2.20. The molecule has 0 aliphatic carbocycles. The third-order valence-corrected chi connectivity index (χ3v) is 5.64. The second kappa shape index (κ2) is 8.70. The Morgan fingerprint density at radius 3 is 2.00 bits per heavy atom. The Hall–Kier alpha value is -3.45. The minimum atomic E-state index is -3.80. The van der Waals surface area contributed by atoms with Gasteiger partial charge < -0.3 is 10.1 Å². The first-order valence-corrected chi connectivity index (χ1v) is 10.5. The van der Waals surface area contributed by atoms with Crippen LogP contribution in [0.5, 0.6) is 11.5 Å². The molecule has 1 amide bonds. The standard InChI is InChI=1S/C22H19NO5S/c1-16(24)23-18-9-7-17(8-10-18)22(25)15-29(26,27)21-13-11-20(12-14-21)28-19-5-3-2-4-6-19/h2-14H,15H2,1H3,(H,23,24). The van der Waals surface area contributed by atoms with Gasteiger partial charge >= 0.3 is 0 Å². The predicted octanol–water partition coefficient (Wildman–Crippen LogP) is 4.09. The number of nitrogens with one attached hydrogen (secondary N) is 1. The van der Waals surface area contributed by atoms with Gasteiger partial charge in [-0.1, -0.05) is 18.2 Å². The quantitative estimate of drug-likeness (QED) is 0.594. The number of ether oxygens (including phenoxy) is 1. The predicted molar refractivity (Wildman–Crippen MR) is 110 cm³/mol. The van der Waals surface area contributed by atoms with Crippen LogP contribution < -0.4 is 10.1 Å². The third kappa shape index (κ3) is 5.52. The number of hydrogen-bond donors (Lipinski definition) is 1. The van der Waals surface area contributed by atoms with Gasteiger partial charge in [-0.15, -0.1) is 0 Å². The number of anilines is 1. The molecule has 148 valence electrons. The van der Waals surface area contributed by atoms with Crippen molar-refractivity contribution in [2.24, 2.45) is 0 Å². The molecule has 29 heavy (non-hydrogen) atoms. The number of sulfone groups is 1. The lowest BCUT2D eigenvalue weighted by atomic mass is 10.1. The summed E-state index contributed by atoms with van der Waals surface area (Å²) in [6, 6.07) is 21.1. The van der Waals surface area contributed by atoms with Gasteiger partial charge in [0.05, 0.1) is 4.90 Å². The van der Waals surface area contributed by atoms with E-state index >= 15 is 0 Å². The molecule has 0 saturated carbocycles. The van der Waals surface area contributed by atoms with Crippen molar-refractivity contribution < 1.29 is 22.7 Å². The second-order valence-corrected chi connectivity index (χ2v) is 8.32. The average molecular weight is 409 g/mol. The van der Waals surface area contributed by atoms with Gasteiger partial charge in [0.1, 0.15) is 17.3 Å². The number of ketones is 1. The lowest BCUT2D eigenvalue weighted by molar-refractivity contribution is -0.114. The van der Waals surface area contributed by atoms with Gasteiger partial charge in [0, 0.05) is 18.2 Å². The summed E-state index contributed by atoms with van der Waals surface area (Å²) in [5.74, 6) is -0.267. The minimum Gasteiger partial charge on any atom is -0.457 e. The van der Waals surface area contributed by atoms with Crippen LogP contribution in [0.3, 0.4) is 0 Å². The fraction of sp³-hybridized carbons (Fsp3) is 0.0909. The van der Waals surface area contributed by atoms with Crippen molar-refractivity contribution in [3.05, 3.63) is 84.4 Å². The lowest BCUT2D eigenvalue weighted by Gasteiger charge is -2.08. The van der Waals surface area contributed by atoms with Crippen LogP contribution in [-0.2, 0) is 14.6 Å². The van der Waals surface area contributed by atoms with Crippen LogP contribution in [-0.4, -0.2) is 25.9 Å². The molecule has 3 aromatic rings. The number of rotatable bonds is 7. The topological polar surface area (TPSA) is 89.5 Å². The molecule has 0 heterocycles. The number of hydrogen-bond acceptors (Lipinski definition) is 5. The van der Waals surface area contributed by atoms with Crippen LogP contribution in [0.2, 0.25) is 0 Å². The molecule has 1 N–H and O–H groups in total. The zero-order chi connectivity index (χ0) is 20.9. The zero-order valence-electron chi connectivity index (χ0n) is 15.7. The molecule has 6 nitrogen and oxygen atoms in total. The van der Waals surface area contributed by atoms with Gasteiger partial charge in [0.25, 0.3) is 0 Å². The maximum Gasteiger partial charge on any atom is 0.221 e. The first-order chi connectivity index (χ1) is 13.8. The van der Waals surface area contributed by atoms with Gasteiger partial charge in [-0.05, 0) is 60.7 Å². The highest BCUT2D eigenvalue weighted by Crippen LogP contribution is 2.23. The highest BCUT2D eigenvalue weighted by atomic mass is 32.2. The van der Waals surface area contributed by atoms with Crippen LogP contribution >= 0.6 is 0 Å². The largest absolute Gasteiger partial charge is 0.457 e. The molecule has 0 radical (unpaired) electrons. The van der Waals surface area contributed by atoms with Crippen molar-refractivity contribution in [3.8, 4) is 11.5 Å². The van der Waals surface area contributed by atoms with E-state index < -0.39 is 21.4 Å². The Labute approximate surface area is 169 Å². The normalized spacial score (nSPS) is 10.9. The van der Waals surface area contributed by atoms with Crippen LogP contribution in [0.25, 0.3) is 0 Å². The Morgan fingerprint density at radius 1 is 0.828 bits per heavy atom. The molecule has 0 atom stereocenters. The minimum absolute atomic E-state index is 0.0427. The van der Waals surface area contributed by atoms with Crippen LogP contribution in [0.1, 0.15) is 17.3 Å². The van der Waals surface area contributed by atoms with Gasteiger partial charge in [0.15, 0.2) is 15.6 Å². The Morgan fingerprint density at radius 2 is 1.41 bits per heavy atom. The number of amides is 1. The number of benzene rings is 3. The number of carbonyl (C=O) groups excluding carboxylic acids is 2. The molecule has 0 aliphatic rings. The van der Waals surface area contributed by atoms with Crippen LogP contribution in [0.15, 0.2) is 83.8 Å². The third-order valence-electron chi connectivity index (χ3n) is 4.01. The fourth-order valence-electron chi connectivity index (χ4n) is 2.62. The first kappa shape index (κ1) is 20.3. The molecular weight excluding hydrogens is 390 g/mol. The van der Waals surface area contributed by atoms with E-state index in [1.165, 1.54) is 31.2 Å². The molecule has 3 rings (SSSR count). The van der Waals surface area contributed by atoms with E-state index in [4.69, 9.17) is 4.74 Å². The van der Waals surface area contributed by atoms with Gasteiger partial charge in [0.2, 0.25) is 5.91 Å². The van der Waals surface area contributed by atoms with E-state index in [0.29, 0.717) is 17.2 Å². The molecule has 0 unspecified atom stereocenters. The lowest BCUT2D eigenvalue weighted by Crippen LogP contribution is -2.16. The fourth-order valence-corrected chi connectivity index (χ4v) is 3.85. The summed E-state index contributed by atoms with van der Waals surface area (Å²) in [4.78, 5) is 23.5. The molecule has 0 spiro atoms. The van der Waals surface area contributed by atoms with Crippen molar-refractivity contribution in [2.45, 2.75) is 11.8 Å².